The molecule has 0 spiro atoms. The first kappa shape index (κ1) is 13.5. The Bertz CT molecular complexity index is 590. The van der Waals surface area contributed by atoms with Crippen LogP contribution in [0.15, 0.2) is 41.7 Å². The van der Waals surface area contributed by atoms with Crippen molar-refractivity contribution >= 4 is 20.6 Å². The largest absolute Gasteiger partial charge is 0.546 e. The highest BCUT2D eigenvalue weighted by Gasteiger charge is 2.06. The van der Waals surface area contributed by atoms with E-state index in [-0.39, 0.29) is 0 Å². The van der Waals surface area contributed by atoms with Crippen molar-refractivity contribution in [3.63, 3.8) is 0 Å². The highest BCUT2D eigenvalue weighted by atomic mass is 28.3. The van der Waals surface area contributed by atoms with Gasteiger partial charge in [0, 0.05) is 12.4 Å². The number of hydrogen-bond acceptors (Lipinski definition) is 3. The summed E-state index contributed by atoms with van der Waals surface area (Å²) in [5, 5.41) is 0. The van der Waals surface area contributed by atoms with Crippen molar-refractivity contribution < 1.29 is 4.43 Å². The molecule has 0 unspecified atom stereocenters. The Morgan fingerprint density at radius 1 is 1.32 bits per heavy atom. The molecule has 0 atom stereocenters. The second kappa shape index (κ2) is 5.84. The summed E-state index contributed by atoms with van der Waals surface area (Å²) in [4.78, 5) is 8.86. The van der Waals surface area contributed by atoms with Crippen LogP contribution in [0.1, 0.15) is 12.7 Å². The highest BCUT2D eigenvalue weighted by molar-refractivity contribution is 6.49. The summed E-state index contributed by atoms with van der Waals surface area (Å²) >= 11 is 0. The van der Waals surface area contributed by atoms with Gasteiger partial charge < -0.3 is 4.43 Å². The first-order valence-electron chi connectivity index (χ1n) is 6.39. The molecule has 4 nitrogen and oxygen atoms in total. The Labute approximate surface area is 115 Å². The summed E-state index contributed by atoms with van der Waals surface area (Å²) in [6.45, 7) is 8.22. The SMILES string of the molecule is CC(=Nc1ccccc1O[SiH](C)C)n1ccnc1C. The second-order valence-corrected chi connectivity index (χ2v) is 6.97. The topological polar surface area (TPSA) is 39.4 Å². The number of aryl methyl sites for hydroxylation is 1. The van der Waals surface area contributed by atoms with Gasteiger partial charge in [-0.15, -0.1) is 0 Å². The zero-order valence-electron chi connectivity index (χ0n) is 11.8. The third-order valence-corrected chi connectivity index (χ3v) is 3.41. The maximum absolute atomic E-state index is 5.90. The van der Waals surface area contributed by atoms with Gasteiger partial charge in [0.1, 0.15) is 23.1 Å². The van der Waals surface area contributed by atoms with Crippen LogP contribution in [0.4, 0.5) is 5.69 Å². The van der Waals surface area contributed by atoms with E-state index >= 15 is 0 Å². The molecule has 0 aliphatic rings. The molecule has 0 saturated heterocycles. The standard InChI is InChI=1S/C14H19N3OSi/c1-11-15-9-10-17(11)12(2)16-13-7-5-6-8-14(13)18-19(3)4/h5-10,19H,1-4H3. The van der Waals surface area contributed by atoms with Crippen LogP contribution < -0.4 is 4.43 Å². The predicted octanol–water partition coefficient (Wildman–Crippen LogP) is 3.15. The van der Waals surface area contributed by atoms with Crippen LogP contribution in [-0.2, 0) is 0 Å². The Balaban J connectivity index is 2.35. The van der Waals surface area contributed by atoms with Crippen LogP contribution in [0.5, 0.6) is 5.75 Å². The molecule has 2 rings (SSSR count). The third-order valence-electron chi connectivity index (χ3n) is 2.68. The van der Waals surface area contributed by atoms with Crippen LogP contribution >= 0.6 is 0 Å². The van der Waals surface area contributed by atoms with Gasteiger partial charge in [-0.25, -0.2) is 9.98 Å². The fourth-order valence-electron chi connectivity index (χ4n) is 1.85. The van der Waals surface area contributed by atoms with E-state index in [1.165, 1.54) is 0 Å². The van der Waals surface area contributed by atoms with Crippen LogP contribution in [0.25, 0.3) is 0 Å². The van der Waals surface area contributed by atoms with Crippen molar-refractivity contribution in [2.75, 3.05) is 0 Å². The molecule has 0 amide bonds. The van der Waals surface area contributed by atoms with Crippen LogP contribution in [0, 0.1) is 6.92 Å². The van der Waals surface area contributed by atoms with E-state index in [2.05, 4.69) is 23.1 Å². The van der Waals surface area contributed by atoms with Crippen molar-refractivity contribution in [2.45, 2.75) is 26.9 Å². The quantitative estimate of drug-likeness (QED) is 0.489. The Hall–Kier alpha value is -1.88. The summed E-state index contributed by atoms with van der Waals surface area (Å²) < 4.78 is 7.86. The number of aliphatic imine (C=N–C) groups is 1. The van der Waals surface area contributed by atoms with Crippen molar-refractivity contribution in [2.24, 2.45) is 4.99 Å². The molecule has 0 saturated carbocycles. The van der Waals surface area contributed by atoms with Crippen LogP contribution in [-0.4, -0.2) is 24.4 Å². The first-order valence-corrected chi connectivity index (χ1v) is 9.17. The van der Waals surface area contributed by atoms with Crippen LogP contribution in [0.3, 0.4) is 0 Å². The van der Waals surface area contributed by atoms with Crippen LogP contribution in [0.2, 0.25) is 13.1 Å². The third kappa shape index (κ3) is 3.32. The van der Waals surface area contributed by atoms with Gasteiger partial charge in [0.05, 0.1) is 0 Å². The van der Waals surface area contributed by atoms with Gasteiger partial charge in [0.25, 0.3) is 0 Å². The van der Waals surface area contributed by atoms with E-state index in [0.29, 0.717) is 0 Å². The minimum absolute atomic E-state index is 0.862. The molecule has 1 aromatic heterocycles. The fraction of sp³-hybridized carbons (Fsp3) is 0.286. The van der Waals surface area contributed by atoms with E-state index in [1.54, 1.807) is 6.20 Å². The molecule has 1 aromatic carbocycles. The van der Waals surface area contributed by atoms with Gasteiger partial charge in [0.15, 0.2) is 0 Å². The maximum atomic E-state index is 5.90. The molecular formula is C14H19N3OSi. The molecule has 19 heavy (non-hydrogen) atoms. The lowest BCUT2D eigenvalue weighted by molar-refractivity contribution is 0.582. The average molecular weight is 273 g/mol. The number of rotatable bonds is 3. The van der Waals surface area contributed by atoms with E-state index < -0.39 is 9.04 Å². The zero-order chi connectivity index (χ0) is 13.8. The van der Waals surface area contributed by atoms with Crippen molar-refractivity contribution in [1.29, 1.82) is 0 Å². The van der Waals surface area contributed by atoms with Gasteiger partial charge in [-0.05, 0) is 39.1 Å². The minimum Gasteiger partial charge on any atom is -0.546 e. The molecule has 0 N–H and O–H groups in total. The Morgan fingerprint density at radius 3 is 2.68 bits per heavy atom. The van der Waals surface area contributed by atoms with Gasteiger partial charge >= 0.3 is 0 Å². The van der Waals surface area contributed by atoms with E-state index in [0.717, 1.165) is 23.1 Å². The summed E-state index contributed by atoms with van der Waals surface area (Å²) in [7, 11) is -1.13. The highest BCUT2D eigenvalue weighted by Crippen LogP contribution is 2.27. The lowest BCUT2D eigenvalue weighted by Crippen LogP contribution is -2.12. The van der Waals surface area contributed by atoms with Gasteiger partial charge in [0.2, 0.25) is 9.04 Å². The monoisotopic (exact) mass is 273 g/mol. The number of para-hydroxylation sites is 2. The molecule has 0 aliphatic heterocycles. The van der Waals surface area contributed by atoms with Crippen molar-refractivity contribution in [3.05, 3.63) is 42.5 Å². The molecule has 0 radical (unpaired) electrons. The smallest absolute Gasteiger partial charge is 0.229 e. The summed E-state index contributed by atoms with van der Waals surface area (Å²) in [5.41, 5.74) is 0.870. The number of aromatic nitrogens is 2. The van der Waals surface area contributed by atoms with Gasteiger partial charge in [-0.2, -0.15) is 0 Å². The lowest BCUT2D eigenvalue weighted by Gasteiger charge is -2.12. The minimum atomic E-state index is -1.13. The van der Waals surface area contributed by atoms with Crippen molar-refractivity contribution in [3.8, 4) is 5.75 Å². The summed E-state index contributed by atoms with van der Waals surface area (Å²) in [6.07, 6.45) is 3.69. The number of nitrogens with zero attached hydrogens (tertiary/aromatic N) is 3. The number of imidazole rings is 1. The second-order valence-electron chi connectivity index (χ2n) is 4.64. The number of benzene rings is 1. The molecule has 2 aromatic rings. The van der Waals surface area contributed by atoms with Gasteiger partial charge in [-0.3, -0.25) is 4.57 Å². The predicted molar refractivity (Wildman–Crippen MR) is 81.1 cm³/mol. The molecule has 5 heteroatoms. The van der Waals surface area contributed by atoms with E-state index in [1.807, 2.05) is 48.9 Å². The maximum Gasteiger partial charge on any atom is 0.229 e. The average Bonchev–Trinajstić information content (AvgIpc) is 2.77. The summed E-state index contributed by atoms with van der Waals surface area (Å²) in [5.74, 6) is 2.68. The molecule has 100 valence electrons. The molecule has 1 heterocycles. The zero-order valence-corrected chi connectivity index (χ0v) is 12.9. The summed E-state index contributed by atoms with van der Waals surface area (Å²) in [6, 6.07) is 7.90. The molecule has 0 fully saturated rings. The number of hydrogen-bond donors (Lipinski definition) is 0. The van der Waals surface area contributed by atoms with E-state index in [4.69, 9.17) is 4.43 Å². The Morgan fingerprint density at radius 2 is 2.05 bits per heavy atom. The Kier molecular flexibility index (Phi) is 4.16. The first-order chi connectivity index (χ1) is 9.08. The lowest BCUT2D eigenvalue weighted by atomic mass is 10.3. The van der Waals surface area contributed by atoms with Crippen molar-refractivity contribution in [1.82, 2.24) is 9.55 Å². The molecule has 0 aliphatic carbocycles. The van der Waals surface area contributed by atoms with E-state index in [9.17, 15) is 0 Å². The van der Waals surface area contributed by atoms with Gasteiger partial charge in [-0.1, -0.05) is 12.1 Å². The molecule has 0 bridgehead atoms. The molecular weight excluding hydrogens is 254 g/mol. The normalized spacial score (nSPS) is 11.9. The fourth-order valence-corrected chi connectivity index (χ4v) is 2.56.